The van der Waals surface area contributed by atoms with Crippen LogP contribution in [0.25, 0.3) is 77.3 Å². The third kappa shape index (κ3) is 9.58. The van der Waals surface area contributed by atoms with E-state index in [1.165, 1.54) is 66.6 Å². The summed E-state index contributed by atoms with van der Waals surface area (Å²) in [5.41, 5.74) is 21.1. The molecule has 1 atom stereocenters. The number of fused-ring (bicyclic) bond motifs is 8. The predicted octanol–water partition coefficient (Wildman–Crippen LogP) is 20.3. The van der Waals surface area contributed by atoms with Crippen LogP contribution >= 0.6 is 0 Å². The maximum atomic E-state index is 6.44. The van der Waals surface area contributed by atoms with Crippen molar-refractivity contribution < 1.29 is 4.42 Å². The van der Waals surface area contributed by atoms with Crippen LogP contribution in [0, 0.1) is 0 Å². The number of hydrogen-bond donors (Lipinski definition) is 1. The maximum absolute atomic E-state index is 6.44. The number of hydrogen-bond acceptors (Lipinski definition) is 4. The Bertz CT molecular complexity index is 4280. The highest BCUT2D eigenvalue weighted by Gasteiger charge is 2.29. The minimum absolute atomic E-state index is 0.138. The Kier molecular flexibility index (Phi) is 13.9. The molecular weight excluding hydrogens is 973 g/mol. The van der Waals surface area contributed by atoms with Crippen molar-refractivity contribution in [3.05, 3.63) is 308 Å². The number of aromatic nitrogens is 1. The largest absolute Gasteiger partial charge is 0.455 e. The second-order valence-corrected chi connectivity index (χ2v) is 20.9. The van der Waals surface area contributed by atoms with Gasteiger partial charge in [0.05, 0.1) is 16.7 Å². The van der Waals surface area contributed by atoms with E-state index in [0.29, 0.717) is 0 Å². The fourth-order valence-corrected chi connectivity index (χ4v) is 11.6. The molecule has 5 heteroatoms. The van der Waals surface area contributed by atoms with Crippen LogP contribution in [0.5, 0.6) is 0 Å². The molecule has 1 unspecified atom stereocenters. The molecule has 3 aliphatic rings. The summed E-state index contributed by atoms with van der Waals surface area (Å²) >= 11 is 0. The average molecular weight is 1040 g/mol. The molecule has 5 nitrogen and oxygen atoms in total. The summed E-state index contributed by atoms with van der Waals surface area (Å²) in [5, 5.41) is 8.10. The van der Waals surface area contributed by atoms with E-state index in [-0.39, 0.29) is 5.41 Å². The number of furan rings is 1. The first-order valence-corrected chi connectivity index (χ1v) is 27.6. The molecule has 4 heterocycles. The quantitative estimate of drug-likeness (QED) is 0.165. The standard InChI is InChI=1S/C44H40N2O.C31H24N2/c1-6-14-39-31(2)15-8-7-9-17-33(4)46(39)36-26-28-44(5,29-27-36)34-20-22-35(23-21-34)45-30-13-12-16-32(3)42-40(45)25-24-38-37-18-10-11-19-41(37)47-43(38)42;1-32-29-18-16-23(20-27(29)22-10-4-2-5-11-22)24-17-19-31-28(21-24)26-14-8-9-15-30(26)33(31)25-12-6-3-7-13-25/h6-14,16-28,30H,3-4,15,29H2,1-2,5H3;2-21,32H,1H3/b8-7-,14-6-,16-12-,17-9-,30-13-,39-31-;. The van der Waals surface area contributed by atoms with E-state index >= 15 is 0 Å². The highest BCUT2D eigenvalue weighted by molar-refractivity contribution is 6.12. The molecule has 0 amide bonds. The minimum atomic E-state index is -0.138. The van der Waals surface area contributed by atoms with Gasteiger partial charge < -0.3 is 24.1 Å². The Labute approximate surface area is 470 Å². The summed E-state index contributed by atoms with van der Waals surface area (Å²) in [6.07, 6.45) is 29.8. The number of benzene rings is 8. The third-order valence-electron chi connectivity index (χ3n) is 15.8. The van der Waals surface area contributed by atoms with E-state index in [4.69, 9.17) is 4.42 Å². The van der Waals surface area contributed by atoms with Gasteiger partial charge in [0.2, 0.25) is 0 Å². The molecule has 2 aliphatic heterocycles. The monoisotopic (exact) mass is 1040 g/mol. The molecule has 0 radical (unpaired) electrons. The lowest BCUT2D eigenvalue weighted by Crippen LogP contribution is -2.26. The fraction of sp³-hybridized carbons (Fsp3) is 0.0933. The van der Waals surface area contributed by atoms with Crippen molar-refractivity contribution in [3.63, 3.8) is 0 Å². The van der Waals surface area contributed by atoms with Crippen molar-refractivity contribution in [1.29, 1.82) is 0 Å². The van der Waals surface area contributed by atoms with Gasteiger partial charge in [-0.05, 0) is 157 Å². The number of nitrogens with one attached hydrogen (secondary N) is 1. The Balaban J connectivity index is 0.000000169. The molecule has 10 aromatic rings. The van der Waals surface area contributed by atoms with Gasteiger partial charge in [0.1, 0.15) is 11.2 Å². The van der Waals surface area contributed by atoms with Crippen LogP contribution in [0.2, 0.25) is 0 Å². The third-order valence-corrected chi connectivity index (χ3v) is 15.8. The number of nitrogens with zero attached hydrogens (tertiary/aromatic N) is 3. The van der Waals surface area contributed by atoms with Crippen molar-refractivity contribution in [2.45, 2.75) is 39.0 Å². The van der Waals surface area contributed by atoms with Crippen molar-refractivity contribution in [1.82, 2.24) is 9.47 Å². The Hall–Kier alpha value is -9.84. The Morgan fingerprint density at radius 2 is 1.34 bits per heavy atom. The van der Waals surface area contributed by atoms with Crippen molar-refractivity contribution >= 4 is 66.4 Å². The Morgan fingerprint density at radius 1 is 0.625 bits per heavy atom. The van der Waals surface area contributed by atoms with Crippen LogP contribution in [0.3, 0.4) is 0 Å². The lowest BCUT2D eigenvalue weighted by atomic mass is 9.76. The number of para-hydroxylation sites is 3. The van der Waals surface area contributed by atoms with E-state index in [1.807, 2.05) is 25.3 Å². The number of allylic oxidation sites excluding steroid dienone is 14. The van der Waals surface area contributed by atoms with E-state index in [9.17, 15) is 0 Å². The van der Waals surface area contributed by atoms with Gasteiger partial charge in [0.15, 0.2) is 0 Å². The average Bonchev–Trinajstić information content (AvgIpc) is 4.11. The van der Waals surface area contributed by atoms with Gasteiger partial charge in [-0.2, -0.15) is 0 Å². The van der Waals surface area contributed by atoms with Crippen molar-refractivity contribution in [2.75, 3.05) is 17.3 Å². The summed E-state index contributed by atoms with van der Waals surface area (Å²) < 4.78 is 8.79. The molecule has 0 saturated carbocycles. The molecule has 2 aromatic heterocycles. The molecule has 1 aliphatic carbocycles. The van der Waals surface area contributed by atoms with E-state index in [1.54, 1.807) is 0 Å². The van der Waals surface area contributed by atoms with Gasteiger partial charge >= 0.3 is 0 Å². The summed E-state index contributed by atoms with van der Waals surface area (Å²) in [5.74, 6) is 0. The summed E-state index contributed by atoms with van der Waals surface area (Å²) in [6.45, 7) is 15.4. The molecule has 8 aromatic carbocycles. The number of rotatable bonds is 8. The molecule has 0 bridgehead atoms. The van der Waals surface area contributed by atoms with Gasteiger partial charge in [0.25, 0.3) is 0 Å². The van der Waals surface area contributed by atoms with Gasteiger partial charge in [-0.3, -0.25) is 0 Å². The zero-order valence-electron chi connectivity index (χ0n) is 45.9. The van der Waals surface area contributed by atoms with Gasteiger partial charge in [-0.1, -0.05) is 178 Å². The van der Waals surface area contributed by atoms with E-state index < -0.39 is 0 Å². The highest BCUT2D eigenvalue weighted by Crippen LogP contribution is 2.44. The molecule has 390 valence electrons. The van der Waals surface area contributed by atoms with E-state index in [0.717, 1.165) is 74.4 Å². The molecule has 13 rings (SSSR count). The molecule has 80 heavy (non-hydrogen) atoms. The SMILES string of the molecule is C=C1/C=C\C=C/N(c2ccc(C3(C)C=CC(N4C(=C)/C=C\C=C/C/C(C)=C4/C=C\C)=CC3)cc2)c2ccc3c(oc4ccccc43)c21.CNc1ccc(-c2ccc3c(c2)c2ccccc2n3-c2ccccc2)cc1-c1ccccc1. The van der Waals surface area contributed by atoms with Crippen LogP contribution < -0.4 is 10.2 Å². The Morgan fingerprint density at radius 3 is 2.11 bits per heavy atom. The van der Waals surface area contributed by atoms with E-state index in [2.05, 4.69) is 297 Å². The van der Waals surface area contributed by atoms with Crippen molar-refractivity contribution in [2.24, 2.45) is 0 Å². The van der Waals surface area contributed by atoms with Crippen molar-refractivity contribution in [3.8, 4) is 27.9 Å². The van der Waals surface area contributed by atoms with Crippen LogP contribution in [-0.2, 0) is 5.41 Å². The second kappa shape index (κ2) is 21.9. The zero-order valence-corrected chi connectivity index (χ0v) is 45.9. The predicted molar refractivity (Wildman–Crippen MR) is 341 cm³/mol. The molecule has 0 spiro atoms. The highest BCUT2D eigenvalue weighted by atomic mass is 16.3. The topological polar surface area (TPSA) is 36.6 Å². The first kappa shape index (κ1) is 50.9. The molecule has 1 N–H and O–H groups in total. The fourth-order valence-electron chi connectivity index (χ4n) is 11.6. The normalized spacial score (nSPS) is 18.9. The second-order valence-electron chi connectivity index (χ2n) is 20.9. The van der Waals surface area contributed by atoms with Crippen LogP contribution in [0.4, 0.5) is 17.1 Å². The smallest absolute Gasteiger partial charge is 0.145 e. The lowest BCUT2D eigenvalue weighted by Gasteiger charge is -2.35. The first-order chi connectivity index (χ1) is 39.2. The van der Waals surface area contributed by atoms with Crippen LogP contribution in [-0.4, -0.2) is 16.5 Å². The van der Waals surface area contributed by atoms with Crippen LogP contribution in [0.1, 0.15) is 44.7 Å². The van der Waals surface area contributed by atoms with Gasteiger partial charge in [-0.25, -0.2) is 0 Å². The summed E-state index contributed by atoms with van der Waals surface area (Å²) in [7, 11) is 1.98. The van der Waals surface area contributed by atoms with Crippen LogP contribution in [0.15, 0.2) is 301 Å². The molecular formula is C75H64N4O. The lowest BCUT2D eigenvalue weighted by molar-refractivity contribution is 0.533. The summed E-state index contributed by atoms with van der Waals surface area (Å²) in [6, 6.07) is 64.8. The minimum Gasteiger partial charge on any atom is -0.455 e. The zero-order chi connectivity index (χ0) is 54.7. The number of anilines is 3. The molecule has 0 fully saturated rings. The van der Waals surface area contributed by atoms with Gasteiger partial charge in [0, 0.05) is 85.5 Å². The molecule has 0 saturated heterocycles. The van der Waals surface area contributed by atoms with Gasteiger partial charge in [-0.15, -0.1) is 0 Å². The summed E-state index contributed by atoms with van der Waals surface area (Å²) in [4.78, 5) is 4.51. The maximum Gasteiger partial charge on any atom is 0.145 e. The first-order valence-electron chi connectivity index (χ1n) is 27.6.